The van der Waals surface area contributed by atoms with Gasteiger partial charge in [0.2, 0.25) is 5.91 Å². The molecule has 0 aromatic rings. The van der Waals surface area contributed by atoms with Crippen molar-refractivity contribution in [3.8, 4) is 0 Å². The third-order valence-electron chi connectivity index (χ3n) is 1.92. The minimum Gasteiger partial charge on any atom is -0.319 e. The molecule has 0 unspecified atom stereocenters. The van der Waals surface area contributed by atoms with E-state index in [0.717, 1.165) is 13.0 Å². The van der Waals surface area contributed by atoms with Gasteiger partial charge >= 0.3 is 0 Å². The van der Waals surface area contributed by atoms with Crippen molar-refractivity contribution in [2.45, 2.75) is 26.7 Å². The summed E-state index contributed by atoms with van der Waals surface area (Å²) in [4.78, 5) is 13.4. The molecule has 0 atom stereocenters. The van der Waals surface area contributed by atoms with Gasteiger partial charge in [0, 0.05) is 19.2 Å². The molecule has 1 amide bonds. The quantitative estimate of drug-likeness (QED) is 0.637. The van der Waals surface area contributed by atoms with Crippen LogP contribution in [0, 0.1) is 5.92 Å². The van der Waals surface area contributed by atoms with E-state index in [2.05, 4.69) is 13.8 Å². The second-order valence-electron chi connectivity index (χ2n) is 3.75. The number of rotatable bonds is 2. The Morgan fingerprint density at radius 3 is 2.92 bits per heavy atom. The number of nitrogens with zero attached hydrogens (tertiary/aromatic N) is 1. The Bertz CT molecular complexity index is 228. The lowest BCUT2D eigenvalue weighted by atomic mass is 10.1. The van der Waals surface area contributed by atoms with Gasteiger partial charge in [0.1, 0.15) is 0 Å². The summed E-state index contributed by atoms with van der Waals surface area (Å²) in [6, 6.07) is 0. The van der Waals surface area contributed by atoms with Gasteiger partial charge < -0.3 is 4.90 Å². The van der Waals surface area contributed by atoms with Crippen LogP contribution in [0.4, 0.5) is 0 Å². The van der Waals surface area contributed by atoms with Gasteiger partial charge in [-0.15, -0.1) is 0 Å². The van der Waals surface area contributed by atoms with Crippen molar-refractivity contribution in [1.29, 1.82) is 0 Å². The summed E-state index contributed by atoms with van der Waals surface area (Å²) < 4.78 is 0. The van der Waals surface area contributed by atoms with E-state index in [0.29, 0.717) is 12.3 Å². The number of hydrogen-bond acceptors (Lipinski definition) is 1. The van der Waals surface area contributed by atoms with Crippen LogP contribution >= 0.6 is 0 Å². The van der Waals surface area contributed by atoms with Crippen molar-refractivity contribution in [2.24, 2.45) is 5.92 Å². The number of carbonyl (C=O) groups excluding carboxylic acids is 1. The number of amides is 1. The minimum absolute atomic E-state index is 0.231. The molecule has 13 heavy (non-hydrogen) atoms. The zero-order valence-corrected chi connectivity index (χ0v) is 8.36. The molecule has 1 aliphatic heterocycles. The maximum Gasteiger partial charge on any atom is 0.226 e. The smallest absolute Gasteiger partial charge is 0.226 e. The van der Waals surface area contributed by atoms with E-state index < -0.39 is 0 Å². The SMILES string of the molecule is CC(C)CN1/C=C\C=C/CCC1=O. The monoisotopic (exact) mass is 179 g/mol. The summed E-state index contributed by atoms with van der Waals surface area (Å²) in [7, 11) is 0. The van der Waals surface area contributed by atoms with Crippen LogP contribution in [0.3, 0.4) is 0 Å². The number of carbonyl (C=O) groups is 1. The van der Waals surface area contributed by atoms with E-state index in [1.165, 1.54) is 0 Å². The fraction of sp³-hybridized carbons (Fsp3) is 0.545. The number of hydrogen-bond donors (Lipinski definition) is 0. The lowest BCUT2D eigenvalue weighted by molar-refractivity contribution is -0.129. The van der Waals surface area contributed by atoms with Crippen LogP contribution in [0.2, 0.25) is 0 Å². The van der Waals surface area contributed by atoms with Crippen LogP contribution in [0.1, 0.15) is 26.7 Å². The van der Waals surface area contributed by atoms with E-state index in [1.54, 1.807) is 0 Å². The van der Waals surface area contributed by atoms with Crippen molar-refractivity contribution < 1.29 is 4.79 Å². The molecule has 0 saturated heterocycles. The summed E-state index contributed by atoms with van der Waals surface area (Å²) in [5.41, 5.74) is 0. The van der Waals surface area contributed by atoms with E-state index in [4.69, 9.17) is 0 Å². The van der Waals surface area contributed by atoms with Crippen LogP contribution in [0.5, 0.6) is 0 Å². The van der Waals surface area contributed by atoms with E-state index >= 15 is 0 Å². The van der Waals surface area contributed by atoms with Crippen molar-refractivity contribution in [3.63, 3.8) is 0 Å². The van der Waals surface area contributed by atoms with Crippen molar-refractivity contribution >= 4 is 5.91 Å². The largest absolute Gasteiger partial charge is 0.319 e. The highest BCUT2D eigenvalue weighted by Crippen LogP contribution is 2.07. The third kappa shape index (κ3) is 3.45. The van der Waals surface area contributed by atoms with Crippen molar-refractivity contribution in [3.05, 3.63) is 24.4 Å². The highest BCUT2D eigenvalue weighted by atomic mass is 16.2. The molecule has 0 fully saturated rings. The molecule has 0 N–H and O–H groups in total. The molecule has 0 saturated carbocycles. The molecule has 72 valence electrons. The molecule has 0 aromatic heterocycles. The first-order valence-corrected chi connectivity index (χ1v) is 4.83. The lowest BCUT2D eigenvalue weighted by Gasteiger charge is -2.20. The fourth-order valence-electron chi connectivity index (χ4n) is 1.32. The molecule has 2 heteroatoms. The molecule has 0 aliphatic carbocycles. The first-order valence-electron chi connectivity index (χ1n) is 4.83. The highest BCUT2D eigenvalue weighted by Gasteiger charge is 2.11. The van der Waals surface area contributed by atoms with E-state index in [1.807, 2.05) is 29.3 Å². The average molecular weight is 179 g/mol. The molecule has 0 aromatic carbocycles. The summed E-state index contributed by atoms with van der Waals surface area (Å²) in [5, 5.41) is 0. The molecule has 2 nitrogen and oxygen atoms in total. The Balaban J connectivity index is 2.61. The van der Waals surface area contributed by atoms with Crippen LogP contribution in [0.25, 0.3) is 0 Å². The van der Waals surface area contributed by atoms with Crippen molar-refractivity contribution in [1.82, 2.24) is 4.90 Å². The summed E-state index contributed by atoms with van der Waals surface area (Å²) in [5.74, 6) is 0.756. The van der Waals surface area contributed by atoms with Gasteiger partial charge in [-0.3, -0.25) is 4.79 Å². The molecule has 0 radical (unpaired) electrons. The van der Waals surface area contributed by atoms with E-state index in [9.17, 15) is 4.79 Å². The zero-order valence-electron chi connectivity index (χ0n) is 8.36. The van der Waals surface area contributed by atoms with Crippen LogP contribution in [0.15, 0.2) is 24.4 Å². The maximum absolute atomic E-state index is 11.5. The Hall–Kier alpha value is -1.05. The Morgan fingerprint density at radius 1 is 1.46 bits per heavy atom. The molecule has 1 aliphatic rings. The minimum atomic E-state index is 0.231. The molecule has 0 spiro atoms. The van der Waals surface area contributed by atoms with Crippen LogP contribution < -0.4 is 0 Å². The van der Waals surface area contributed by atoms with Gasteiger partial charge in [-0.05, 0) is 18.4 Å². The van der Waals surface area contributed by atoms with Crippen molar-refractivity contribution in [2.75, 3.05) is 6.54 Å². The Morgan fingerprint density at radius 2 is 2.23 bits per heavy atom. The molecular formula is C11H17NO. The first kappa shape index (κ1) is 10.0. The lowest BCUT2D eigenvalue weighted by Crippen LogP contribution is -2.29. The molecule has 0 bridgehead atoms. The summed E-state index contributed by atoms with van der Waals surface area (Å²) in [6.45, 7) is 5.06. The van der Waals surface area contributed by atoms with Gasteiger partial charge in [0.25, 0.3) is 0 Å². The fourth-order valence-corrected chi connectivity index (χ4v) is 1.32. The highest BCUT2D eigenvalue weighted by molar-refractivity contribution is 5.77. The standard InChI is InChI=1S/C11H17NO/c1-10(2)9-12-8-6-4-3-5-7-11(12)13/h3-4,6,8,10H,5,7,9H2,1-2H3/b4-3-,8-6-. The third-order valence-corrected chi connectivity index (χ3v) is 1.92. The first-order chi connectivity index (χ1) is 6.20. The van der Waals surface area contributed by atoms with Gasteiger partial charge in [-0.25, -0.2) is 0 Å². The van der Waals surface area contributed by atoms with Gasteiger partial charge in [0.15, 0.2) is 0 Å². The maximum atomic E-state index is 11.5. The van der Waals surface area contributed by atoms with Gasteiger partial charge in [-0.1, -0.05) is 26.0 Å². The zero-order chi connectivity index (χ0) is 9.68. The van der Waals surface area contributed by atoms with Crippen LogP contribution in [-0.2, 0) is 4.79 Å². The normalized spacial score (nSPS) is 22.7. The Labute approximate surface area is 79.9 Å². The molecule has 1 rings (SSSR count). The predicted molar refractivity (Wildman–Crippen MR) is 54.1 cm³/mol. The summed E-state index contributed by atoms with van der Waals surface area (Å²) >= 11 is 0. The van der Waals surface area contributed by atoms with Crippen LogP contribution in [-0.4, -0.2) is 17.4 Å². The molecule has 1 heterocycles. The van der Waals surface area contributed by atoms with E-state index in [-0.39, 0.29) is 5.91 Å². The average Bonchev–Trinajstić information content (AvgIpc) is 2.04. The van der Waals surface area contributed by atoms with Gasteiger partial charge in [0.05, 0.1) is 0 Å². The number of allylic oxidation sites excluding steroid dienone is 3. The second-order valence-corrected chi connectivity index (χ2v) is 3.75. The Kier molecular flexibility index (Phi) is 3.74. The summed E-state index contributed by atoms with van der Waals surface area (Å²) in [6.07, 6.45) is 9.32. The molecular weight excluding hydrogens is 162 g/mol. The topological polar surface area (TPSA) is 20.3 Å². The second kappa shape index (κ2) is 4.85. The van der Waals surface area contributed by atoms with Gasteiger partial charge in [-0.2, -0.15) is 0 Å². The predicted octanol–water partition coefficient (Wildman–Crippen LogP) is 2.33.